The van der Waals surface area contributed by atoms with E-state index in [1.165, 1.54) is 0 Å². The Morgan fingerprint density at radius 3 is 3.00 bits per heavy atom. The molecule has 0 saturated carbocycles. The first-order valence-corrected chi connectivity index (χ1v) is 5.73. The van der Waals surface area contributed by atoms with Gasteiger partial charge in [-0.1, -0.05) is 11.2 Å². The van der Waals surface area contributed by atoms with Crippen LogP contribution in [0.1, 0.15) is 5.89 Å². The van der Waals surface area contributed by atoms with Crippen LogP contribution in [-0.4, -0.2) is 41.9 Å². The molecule has 2 aromatic rings. The van der Waals surface area contributed by atoms with Gasteiger partial charge in [0.2, 0.25) is 11.7 Å². The SMILES string of the molecule is CNC(COC)Cc1nc(-c2ccccn2)no1. The quantitative estimate of drug-likeness (QED) is 0.819. The lowest BCUT2D eigenvalue weighted by Gasteiger charge is -2.11. The van der Waals surface area contributed by atoms with Crippen molar-refractivity contribution in [2.24, 2.45) is 0 Å². The molecule has 0 fully saturated rings. The van der Waals surface area contributed by atoms with Crippen molar-refractivity contribution in [3.63, 3.8) is 0 Å². The number of nitrogens with zero attached hydrogens (tertiary/aromatic N) is 3. The van der Waals surface area contributed by atoms with Gasteiger partial charge < -0.3 is 14.6 Å². The largest absolute Gasteiger partial charge is 0.383 e. The molecule has 0 aliphatic carbocycles. The molecule has 6 heteroatoms. The van der Waals surface area contributed by atoms with Gasteiger partial charge in [-0.25, -0.2) is 0 Å². The van der Waals surface area contributed by atoms with Crippen molar-refractivity contribution < 1.29 is 9.26 Å². The summed E-state index contributed by atoms with van der Waals surface area (Å²) in [6.07, 6.45) is 2.33. The second-order valence-corrected chi connectivity index (χ2v) is 3.87. The molecule has 0 saturated heterocycles. The van der Waals surface area contributed by atoms with Gasteiger partial charge >= 0.3 is 0 Å². The van der Waals surface area contributed by atoms with Gasteiger partial charge in [0.1, 0.15) is 5.69 Å². The Morgan fingerprint density at radius 2 is 2.33 bits per heavy atom. The van der Waals surface area contributed by atoms with Crippen molar-refractivity contribution in [2.75, 3.05) is 20.8 Å². The van der Waals surface area contributed by atoms with E-state index < -0.39 is 0 Å². The highest BCUT2D eigenvalue weighted by atomic mass is 16.5. The third-order valence-electron chi connectivity index (χ3n) is 2.56. The molecule has 2 aromatic heterocycles. The molecule has 18 heavy (non-hydrogen) atoms. The fourth-order valence-electron chi connectivity index (χ4n) is 1.59. The van der Waals surface area contributed by atoms with Gasteiger partial charge in [0.15, 0.2) is 0 Å². The van der Waals surface area contributed by atoms with Crippen molar-refractivity contribution in [1.29, 1.82) is 0 Å². The minimum absolute atomic E-state index is 0.159. The van der Waals surface area contributed by atoms with Crippen molar-refractivity contribution in [3.8, 4) is 11.5 Å². The molecule has 0 aliphatic heterocycles. The molecule has 0 amide bonds. The topological polar surface area (TPSA) is 73.1 Å². The van der Waals surface area contributed by atoms with E-state index >= 15 is 0 Å². The summed E-state index contributed by atoms with van der Waals surface area (Å²) < 4.78 is 10.3. The molecule has 1 unspecified atom stereocenters. The summed E-state index contributed by atoms with van der Waals surface area (Å²) in [6, 6.07) is 5.74. The molecule has 2 rings (SSSR count). The minimum Gasteiger partial charge on any atom is -0.383 e. The number of nitrogens with one attached hydrogen (secondary N) is 1. The number of rotatable bonds is 6. The van der Waals surface area contributed by atoms with Gasteiger partial charge in [-0.2, -0.15) is 4.98 Å². The molecular weight excluding hydrogens is 232 g/mol. The number of ether oxygens (including phenoxy) is 1. The Bertz CT molecular complexity index is 472. The summed E-state index contributed by atoms with van der Waals surface area (Å²) in [6.45, 7) is 0.595. The lowest BCUT2D eigenvalue weighted by molar-refractivity contribution is 0.165. The van der Waals surface area contributed by atoms with Gasteiger partial charge in [0.05, 0.1) is 6.61 Å². The van der Waals surface area contributed by atoms with Gasteiger partial charge in [0.25, 0.3) is 0 Å². The van der Waals surface area contributed by atoms with Crippen molar-refractivity contribution in [3.05, 3.63) is 30.3 Å². The zero-order chi connectivity index (χ0) is 12.8. The molecule has 0 radical (unpaired) electrons. The number of likely N-dealkylation sites (N-methyl/N-ethyl adjacent to an activating group) is 1. The molecule has 1 N–H and O–H groups in total. The molecule has 0 bridgehead atoms. The highest BCUT2D eigenvalue weighted by Crippen LogP contribution is 2.12. The van der Waals surface area contributed by atoms with E-state index in [2.05, 4.69) is 20.4 Å². The van der Waals surface area contributed by atoms with Crippen LogP contribution in [0.4, 0.5) is 0 Å². The van der Waals surface area contributed by atoms with Gasteiger partial charge in [-0.05, 0) is 19.2 Å². The molecule has 0 aliphatic rings. The Morgan fingerprint density at radius 1 is 1.44 bits per heavy atom. The normalized spacial score (nSPS) is 12.6. The number of pyridine rings is 1. The summed E-state index contributed by atoms with van der Waals surface area (Å²) in [5, 5.41) is 7.05. The van der Waals surface area contributed by atoms with Crippen LogP contribution in [0.3, 0.4) is 0 Å². The number of aromatic nitrogens is 3. The van der Waals surface area contributed by atoms with Gasteiger partial charge in [-0.3, -0.25) is 4.98 Å². The molecule has 0 spiro atoms. The third kappa shape index (κ3) is 3.12. The summed E-state index contributed by atoms with van der Waals surface area (Å²) in [5.41, 5.74) is 0.709. The maximum Gasteiger partial charge on any atom is 0.228 e. The van der Waals surface area contributed by atoms with Crippen LogP contribution in [-0.2, 0) is 11.2 Å². The average Bonchev–Trinajstić information content (AvgIpc) is 2.88. The molecule has 2 heterocycles. The lowest BCUT2D eigenvalue weighted by Crippen LogP contribution is -2.32. The summed E-state index contributed by atoms with van der Waals surface area (Å²) in [7, 11) is 3.54. The van der Waals surface area contributed by atoms with Crippen molar-refractivity contribution in [2.45, 2.75) is 12.5 Å². The zero-order valence-electron chi connectivity index (χ0n) is 10.5. The van der Waals surface area contributed by atoms with E-state index in [1.54, 1.807) is 13.3 Å². The third-order valence-corrected chi connectivity index (χ3v) is 2.56. The summed E-state index contributed by atoms with van der Waals surface area (Å²) in [5.74, 6) is 1.09. The van der Waals surface area contributed by atoms with E-state index in [-0.39, 0.29) is 6.04 Å². The van der Waals surface area contributed by atoms with Crippen LogP contribution < -0.4 is 5.32 Å². The van der Waals surface area contributed by atoms with E-state index in [9.17, 15) is 0 Å². The summed E-state index contributed by atoms with van der Waals surface area (Å²) in [4.78, 5) is 8.49. The standard InChI is InChI=1S/C12H16N4O2/c1-13-9(8-17-2)7-11-15-12(16-18-11)10-5-3-4-6-14-10/h3-6,9,13H,7-8H2,1-2H3. The van der Waals surface area contributed by atoms with Crippen LogP contribution in [0, 0.1) is 0 Å². The maximum atomic E-state index is 5.20. The molecule has 6 nitrogen and oxygen atoms in total. The highest BCUT2D eigenvalue weighted by molar-refractivity contribution is 5.46. The Hall–Kier alpha value is -1.79. The van der Waals surface area contributed by atoms with Crippen molar-refractivity contribution in [1.82, 2.24) is 20.4 Å². The minimum atomic E-state index is 0.159. The van der Waals surface area contributed by atoms with Gasteiger partial charge in [0, 0.05) is 25.8 Å². The highest BCUT2D eigenvalue weighted by Gasteiger charge is 2.14. The van der Waals surface area contributed by atoms with Crippen LogP contribution >= 0.6 is 0 Å². The van der Waals surface area contributed by atoms with Crippen LogP contribution in [0.2, 0.25) is 0 Å². The van der Waals surface area contributed by atoms with Crippen LogP contribution in [0.5, 0.6) is 0 Å². The summed E-state index contributed by atoms with van der Waals surface area (Å²) >= 11 is 0. The van der Waals surface area contributed by atoms with Crippen LogP contribution in [0.25, 0.3) is 11.5 Å². The molecule has 1 atom stereocenters. The second kappa shape index (κ2) is 6.23. The van der Waals surface area contributed by atoms with Gasteiger partial charge in [-0.15, -0.1) is 0 Å². The first-order valence-electron chi connectivity index (χ1n) is 5.73. The predicted molar refractivity (Wildman–Crippen MR) is 66.0 cm³/mol. The van der Waals surface area contributed by atoms with Crippen LogP contribution in [0.15, 0.2) is 28.9 Å². The monoisotopic (exact) mass is 248 g/mol. The van der Waals surface area contributed by atoms with E-state index in [0.29, 0.717) is 30.4 Å². The van der Waals surface area contributed by atoms with E-state index in [4.69, 9.17) is 9.26 Å². The predicted octanol–water partition coefficient (Wildman–Crippen LogP) is 0.908. The maximum absolute atomic E-state index is 5.20. The molecule has 0 aromatic carbocycles. The first kappa shape index (κ1) is 12.7. The second-order valence-electron chi connectivity index (χ2n) is 3.87. The first-order chi connectivity index (χ1) is 8.83. The lowest BCUT2D eigenvalue weighted by atomic mass is 10.2. The smallest absolute Gasteiger partial charge is 0.228 e. The van der Waals surface area contributed by atoms with Crippen molar-refractivity contribution >= 4 is 0 Å². The Labute approximate surface area is 105 Å². The Kier molecular flexibility index (Phi) is 4.38. The average molecular weight is 248 g/mol. The fraction of sp³-hybridized carbons (Fsp3) is 0.417. The number of hydrogen-bond donors (Lipinski definition) is 1. The Balaban J connectivity index is 2.06. The molecular formula is C12H16N4O2. The molecule has 96 valence electrons. The number of methoxy groups -OCH3 is 1. The zero-order valence-corrected chi connectivity index (χ0v) is 10.5. The number of hydrogen-bond acceptors (Lipinski definition) is 6. The fourth-order valence-corrected chi connectivity index (χ4v) is 1.59. The van der Waals surface area contributed by atoms with E-state index in [0.717, 1.165) is 0 Å². The van der Waals surface area contributed by atoms with E-state index in [1.807, 2.05) is 25.2 Å².